The number of ether oxygens (including phenoxy) is 2. The highest BCUT2D eigenvalue weighted by molar-refractivity contribution is 7.89. The second kappa shape index (κ2) is 7.68. The van der Waals surface area contributed by atoms with Crippen molar-refractivity contribution in [2.75, 3.05) is 19.8 Å². The normalized spacial score (nSPS) is 13.7. The van der Waals surface area contributed by atoms with Crippen molar-refractivity contribution in [1.29, 1.82) is 0 Å². The minimum atomic E-state index is -3.40. The van der Waals surface area contributed by atoms with Crippen LogP contribution in [-0.4, -0.2) is 28.2 Å². The Morgan fingerprint density at radius 1 is 0.917 bits per heavy atom. The molecule has 1 heterocycles. The Bertz CT molecular complexity index is 775. The summed E-state index contributed by atoms with van der Waals surface area (Å²) in [4.78, 5) is 0.303. The van der Waals surface area contributed by atoms with E-state index in [1.165, 1.54) is 5.56 Å². The second-order valence-electron chi connectivity index (χ2n) is 5.65. The summed E-state index contributed by atoms with van der Waals surface area (Å²) in [6.07, 6.45) is 2.56. The molecule has 0 saturated heterocycles. The van der Waals surface area contributed by atoms with Crippen LogP contribution in [0.25, 0.3) is 0 Å². The average Bonchev–Trinajstić information content (AvgIpc) is 2.62. The standard InChI is InChI=1S/C18H21NO4S/c20-24(21,16-7-2-1-3-8-16)19-11-5-4-6-15-9-10-17-18(14-15)23-13-12-22-17/h1-3,7-10,14,19H,4-6,11-13H2. The van der Waals surface area contributed by atoms with Crippen molar-refractivity contribution in [1.82, 2.24) is 4.72 Å². The third-order valence-electron chi connectivity index (χ3n) is 3.84. The summed E-state index contributed by atoms with van der Waals surface area (Å²) in [5.41, 5.74) is 1.17. The molecule has 0 spiro atoms. The molecular formula is C18H21NO4S. The summed E-state index contributed by atoms with van der Waals surface area (Å²) in [5.74, 6) is 1.59. The third-order valence-corrected chi connectivity index (χ3v) is 5.32. The Hall–Kier alpha value is -2.05. The van der Waals surface area contributed by atoms with Crippen LogP contribution in [0.2, 0.25) is 0 Å². The monoisotopic (exact) mass is 347 g/mol. The zero-order valence-electron chi connectivity index (χ0n) is 13.4. The molecule has 0 aliphatic carbocycles. The minimum Gasteiger partial charge on any atom is -0.486 e. The van der Waals surface area contributed by atoms with Gasteiger partial charge in [-0.05, 0) is 49.1 Å². The second-order valence-corrected chi connectivity index (χ2v) is 7.41. The van der Waals surface area contributed by atoms with Crippen LogP contribution in [0.4, 0.5) is 0 Å². The van der Waals surface area contributed by atoms with Crippen molar-refractivity contribution in [3.05, 3.63) is 54.1 Å². The molecule has 128 valence electrons. The van der Waals surface area contributed by atoms with E-state index in [0.29, 0.717) is 24.7 Å². The third kappa shape index (κ3) is 4.27. The van der Waals surface area contributed by atoms with E-state index in [1.807, 2.05) is 18.2 Å². The quantitative estimate of drug-likeness (QED) is 0.782. The lowest BCUT2D eigenvalue weighted by Crippen LogP contribution is -2.24. The van der Waals surface area contributed by atoms with Crippen LogP contribution in [0, 0.1) is 0 Å². The van der Waals surface area contributed by atoms with E-state index in [2.05, 4.69) is 4.72 Å². The van der Waals surface area contributed by atoms with Gasteiger partial charge in [-0.3, -0.25) is 0 Å². The number of fused-ring (bicyclic) bond motifs is 1. The van der Waals surface area contributed by atoms with Crippen LogP contribution >= 0.6 is 0 Å². The number of aryl methyl sites for hydroxylation is 1. The van der Waals surface area contributed by atoms with E-state index >= 15 is 0 Å². The molecule has 3 rings (SSSR count). The largest absolute Gasteiger partial charge is 0.486 e. The van der Waals surface area contributed by atoms with Crippen molar-refractivity contribution < 1.29 is 17.9 Å². The van der Waals surface area contributed by atoms with Crippen LogP contribution in [0.3, 0.4) is 0 Å². The zero-order chi connectivity index (χ0) is 16.8. The van der Waals surface area contributed by atoms with Crippen molar-refractivity contribution >= 4 is 10.0 Å². The van der Waals surface area contributed by atoms with Gasteiger partial charge in [0.2, 0.25) is 10.0 Å². The van der Waals surface area contributed by atoms with Gasteiger partial charge in [-0.2, -0.15) is 0 Å². The first-order chi connectivity index (χ1) is 11.6. The summed E-state index contributed by atoms with van der Waals surface area (Å²) in [5, 5.41) is 0. The SMILES string of the molecule is O=S(=O)(NCCCCc1ccc2c(c1)OCCO2)c1ccccc1. The molecule has 6 heteroatoms. The van der Waals surface area contributed by atoms with E-state index in [0.717, 1.165) is 30.8 Å². The lowest BCUT2D eigenvalue weighted by atomic mass is 10.1. The fourth-order valence-corrected chi connectivity index (χ4v) is 3.68. The summed E-state index contributed by atoms with van der Waals surface area (Å²) < 4.78 is 37.9. The maximum atomic E-state index is 12.1. The maximum absolute atomic E-state index is 12.1. The fourth-order valence-electron chi connectivity index (χ4n) is 2.59. The first-order valence-electron chi connectivity index (χ1n) is 8.08. The number of benzene rings is 2. The Labute approximate surface area is 142 Å². The predicted octanol–water partition coefficient (Wildman–Crippen LogP) is 2.76. The molecule has 5 nitrogen and oxygen atoms in total. The maximum Gasteiger partial charge on any atom is 0.240 e. The Morgan fingerprint density at radius 3 is 2.46 bits per heavy atom. The molecule has 0 bridgehead atoms. The van der Waals surface area contributed by atoms with Crippen LogP contribution in [0.5, 0.6) is 11.5 Å². The van der Waals surface area contributed by atoms with E-state index in [-0.39, 0.29) is 0 Å². The van der Waals surface area contributed by atoms with Crippen molar-refractivity contribution in [2.24, 2.45) is 0 Å². The number of rotatable bonds is 7. The molecule has 2 aromatic rings. The first kappa shape index (κ1) is 16.8. The first-order valence-corrected chi connectivity index (χ1v) is 9.57. The molecule has 0 radical (unpaired) electrons. The Kier molecular flexibility index (Phi) is 5.37. The van der Waals surface area contributed by atoms with Gasteiger partial charge in [0.15, 0.2) is 11.5 Å². The van der Waals surface area contributed by atoms with Gasteiger partial charge in [-0.15, -0.1) is 0 Å². The minimum absolute atomic E-state index is 0.303. The molecule has 0 saturated carbocycles. The number of nitrogens with one attached hydrogen (secondary N) is 1. The molecule has 24 heavy (non-hydrogen) atoms. The average molecular weight is 347 g/mol. The highest BCUT2D eigenvalue weighted by atomic mass is 32.2. The highest BCUT2D eigenvalue weighted by Crippen LogP contribution is 2.31. The molecule has 1 aliphatic rings. The van der Waals surface area contributed by atoms with E-state index in [4.69, 9.17) is 9.47 Å². The number of hydrogen-bond acceptors (Lipinski definition) is 4. The topological polar surface area (TPSA) is 64.6 Å². The molecule has 1 N–H and O–H groups in total. The van der Waals surface area contributed by atoms with Crippen LogP contribution in [-0.2, 0) is 16.4 Å². The predicted molar refractivity (Wildman–Crippen MR) is 92.0 cm³/mol. The molecule has 0 unspecified atom stereocenters. The lowest BCUT2D eigenvalue weighted by Gasteiger charge is -2.18. The van der Waals surface area contributed by atoms with Crippen LogP contribution in [0.15, 0.2) is 53.4 Å². The van der Waals surface area contributed by atoms with Gasteiger partial charge >= 0.3 is 0 Å². The molecule has 0 fully saturated rings. The number of sulfonamides is 1. The van der Waals surface area contributed by atoms with Crippen molar-refractivity contribution in [2.45, 2.75) is 24.2 Å². The Morgan fingerprint density at radius 2 is 1.67 bits per heavy atom. The smallest absolute Gasteiger partial charge is 0.240 e. The molecule has 2 aromatic carbocycles. The van der Waals surface area contributed by atoms with Gasteiger partial charge in [0.05, 0.1) is 4.90 Å². The summed E-state index contributed by atoms with van der Waals surface area (Å²) in [7, 11) is -3.40. The van der Waals surface area contributed by atoms with Gasteiger partial charge in [0, 0.05) is 6.54 Å². The molecule has 0 atom stereocenters. The van der Waals surface area contributed by atoms with Crippen LogP contribution < -0.4 is 14.2 Å². The van der Waals surface area contributed by atoms with Gasteiger partial charge in [0.25, 0.3) is 0 Å². The summed E-state index contributed by atoms with van der Waals surface area (Å²) in [6.45, 7) is 1.60. The summed E-state index contributed by atoms with van der Waals surface area (Å²) >= 11 is 0. The molecule has 1 aliphatic heterocycles. The van der Waals surface area contributed by atoms with E-state index in [9.17, 15) is 8.42 Å². The van der Waals surface area contributed by atoms with Crippen molar-refractivity contribution in [3.63, 3.8) is 0 Å². The van der Waals surface area contributed by atoms with E-state index < -0.39 is 10.0 Å². The molecule has 0 amide bonds. The van der Waals surface area contributed by atoms with Gasteiger partial charge in [-0.1, -0.05) is 24.3 Å². The van der Waals surface area contributed by atoms with Crippen LogP contribution in [0.1, 0.15) is 18.4 Å². The number of hydrogen-bond donors (Lipinski definition) is 1. The molecular weight excluding hydrogens is 326 g/mol. The lowest BCUT2D eigenvalue weighted by molar-refractivity contribution is 0.171. The Balaban J connectivity index is 1.44. The fraction of sp³-hybridized carbons (Fsp3) is 0.333. The van der Waals surface area contributed by atoms with Gasteiger partial charge < -0.3 is 9.47 Å². The number of unbranched alkanes of at least 4 members (excludes halogenated alkanes) is 1. The summed E-state index contributed by atoms with van der Waals surface area (Å²) in [6, 6.07) is 14.4. The zero-order valence-corrected chi connectivity index (χ0v) is 14.2. The molecule has 0 aromatic heterocycles. The highest BCUT2D eigenvalue weighted by Gasteiger charge is 2.13. The van der Waals surface area contributed by atoms with Crippen molar-refractivity contribution in [3.8, 4) is 11.5 Å². The van der Waals surface area contributed by atoms with Gasteiger partial charge in [-0.25, -0.2) is 13.1 Å². The van der Waals surface area contributed by atoms with Gasteiger partial charge in [0.1, 0.15) is 13.2 Å². The van der Waals surface area contributed by atoms with E-state index in [1.54, 1.807) is 30.3 Å².